The summed E-state index contributed by atoms with van der Waals surface area (Å²) in [4.78, 5) is 0. The highest BCUT2D eigenvalue weighted by Crippen LogP contribution is 2.14. The van der Waals surface area contributed by atoms with Crippen LogP contribution in [0.1, 0.15) is 26.2 Å². The fourth-order valence-corrected chi connectivity index (χ4v) is 2.64. The van der Waals surface area contributed by atoms with Gasteiger partial charge in [-0.3, -0.25) is 4.55 Å². The molecular formula is C9H20O4S2. The van der Waals surface area contributed by atoms with E-state index in [4.69, 9.17) is 9.66 Å². The Balaban J connectivity index is 3.35. The molecule has 0 heterocycles. The number of hydrogen-bond acceptors (Lipinski definition) is 4. The topological polar surface area (TPSA) is 74.6 Å². The van der Waals surface area contributed by atoms with Crippen molar-refractivity contribution >= 4 is 21.9 Å². The molecule has 92 valence electrons. The van der Waals surface area contributed by atoms with Crippen molar-refractivity contribution < 1.29 is 18.1 Å². The fourth-order valence-electron chi connectivity index (χ4n) is 1.21. The van der Waals surface area contributed by atoms with Gasteiger partial charge in [-0.2, -0.15) is 20.2 Å². The molecule has 15 heavy (non-hydrogen) atoms. The molecule has 0 saturated heterocycles. The van der Waals surface area contributed by atoms with E-state index in [-0.39, 0.29) is 12.4 Å². The third kappa shape index (κ3) is 12.2. The van der Waals surface area contributed by atoms with Gasteiger partial charge in [0.15, 0.2) is 0 Å². The smallest absolute Gasteiger partial charge is 0.264 e. The summed E-state index contributed by atoms with van der Waals surface area (Å²) in [5, 5.41) is 8.57. The Morgan fingerprint density at radius 3 is 2.53 bits per heavy atom. The van der Waals surface area contributed by atoms with Crippen LogP contribution in [-0.2, 0) is 10.1 Å². The number of unbranched alkanes of at least 4 members (excludes halogenated alkanes) is 1. The lowest BCUT2D eigenvalue weighted by Crippen LogP contribution is -2.05. The van der Waals surface area contributed by atoms with Crippen molar-refractivity contribution in [2.45, 2.75) is 26.2 Å². The first kappa shape index (κ1) is 15.2. The summed E-state index contributed by atoms with van der Waals surface area (Å²) >= 11 is 1.71. The van der Waals surface area contributed by atoms with Gasteiger partial charge in [0, 0.05) is 5.75 Å². The first-order chi connectivity index (χ1) is 6.95. The van der Waals surface area contributed by atoms with Crippen LogP contribution < -0.4 is 0 Å². The minimum Gasteiger partial charge on any atom is -0.396 e. The molecule has 2 N–H and O–H groups in total. The molecular weight excluding hydrogens is 236 g/mol. The summed E-state index contributed by atoms with van der Waals surface area (Å²) in [6.07, 6.45) is 2.31. The standard InChI is InChI=1S/C9H20O4S2/c1-9(8-14-6-5-10)4-2-3-7-15(11,12)13/h9-10H,2-8H2,1H3,(H,11,12,13). The second kappa shape index (κ2) is 8.38. The van der Waals surface area contributed by atoms with Crippen molar-refractivity contribution in [2.75, 3.05) is 23.9 Å². The van der Waals surface area contributed by atoms with E-state index in [2.05, 4.69) is 6.92 Å². The lowest BCUT2D eigenvalue weighted by molar-refractivity contribution is 0.322. The molecule has 0 aliphatic carbocycles. The van der Waals surface area contributed by atoms with Crippen molar-refractivity contribution in [1.82, 2.24) is 0 Å². The molecule has 0 aliphatic rings. The van der Waals surface area contributed by atoms with Crippen LogP contribution in [0.25, 0.3) is 0 Å². The molecule has 0 aromatic heterocycles. The third-order valence-corrected chi connectivity index (χ3v) is 4.07. The maximum atomic E-state index is 10.4. The molecule has 1 unspecified atom stereocenters. The number of aliphatic hydroxyl groups is 1. The van der Waals surface area contributed by atoms with E-state index >= 15 is 0 Å². The highest BCUT2D eigenvalue weighted by molar-refractivity contribution is 7.99. The summed E-state index contributed by atoms with van der Waals surface area (Å²) in [6.45, 7) is 2.32. The molecule has 0 radical (unpaired) electrons. The molecule has 0 aromatic rings. The molecule has 0 amide bonds. The van der Waals surface area contributed by atoms with Gasteiger partial charge in [-0.05, 0) is 24.5 Å². The molecule has 4 nitrogen and oxygen atoms in total. The summed E-state index contributed by atoms with van der Waals surface area (Å²) in [6, 6.07) is 0. The van der Waals surface area contributed by atoms with E-state index in [1.165, 1.54) is 0 Å². The van der Waals surface area contributed by atoms with Crippen molar-refractivity contribution in [3.05, 3.63) is 0 Å². The molecule has 1 atom stereocenters. The zero-order chi connectivity index (χ0) is 11.7. The average Bonchev–Trinajstić information content (AvgIpc) is 2.11. The quantitative estimate of drug-likeness (QED) is 0.482. The Kier molecular flexibility index (Phi) is 8.50. The van der Waals surface area contributed by atoms with Gasteiger partial charge in [0.05, 0.1) is 12.4 Å². The highest BCUT2D eigenvalue weighted by atomic mass is 32.2. The predicted octanol–water partition coefficient (Wildman–Crippen LogP) is 1.41. The zero-order valence-electron chi connectivity index (χ0n) is 9.05. The van der Waals surface area contributed by atoms with Crippen molar-refractivity contribution in [3.8, 4) is 0 Å². The van der Waals surface area contributed by atoms with Gasteiger partial charge in [-0.25, -0.2) is 0 Å². The van der Waals surface area contributed by atoms with E-state index in [0.29, 0.717) is 12.3 Å². The number of aliphatic hydroxyl groups excluding tert-OH is 1. The lowest BCUT2D eigenvalue weighted by Gasteiger charge is -2.09. The monoisotopic (exact) mass is 256 g/mol. The maximum Gasteiger partial charge on any atom is 0.264 e. The molecule has 0 aliphatic heterocycles. The minimum absolute atomic E-state index is 0.135. The Morgan fingerprint density at radius 2 is 2.00 bits per heavy atom. The summed E-state index contributed by atoms with van der Waals surface area (Å²) in [7, 11) is -3.78. The SMILES string of the molecule is CC(CCCCS(=O)(=O)O)CSCCO. The Bertz CT molecular complexity index is 238. The summed E-state index contributed by atoms with van der Waals surface area (Å²) in [5.74, 6) is 2.15. The van der Waals surface area contributed by atoms with E-state index in [1.54, 1.807) is 11.8 Å². The van der Waals surface area contributed by atoms with E-state index in [9.17, 15) is 8.42 Å². The number of hydrogen-bond donors (Lipinski definition) is 2. The van der Waals surface area contributed by atoms with Gasteiger partial charge in [0.2, 0.25) is 0 Å². The first-order valence-electron chi connectivity index (χ1n) is 5.09. The van der Waals surface area contributed by atoms with Gasteiger partial charge in [0.25, 0.3) is 10.1 Å². The van der Waals surface area contributed by atoms with E-state index in [0.717, 1.165) is 24.3 Å². The molecule has 6 heteroatoms. The average molecular weight is 256 g/mol. The van der Waals surface area contributed by atoms with Gasteiger partial charge in [-0.1, -0.05) is 13.3 Å². The van der Waals surface area contributed by atoms with Crippen molar-refractivity contribution in [1.29, 1.82) is 0 Å². The van der Waals surface area contributed by atoms with Crippen molar-refractivity contribution in [3.63, 3.8) is 0 Å². The fraction of sp³-hybridized carbons (Fsp3) is 1.00. The first-order valence-corrected chi connectivity index (χ1v) is 7.86. The van der Waals surface area contributed by atoms with Crippen LogP contribution in [-0.4, -0.2) is 41.9 Å². The van der Waals surface area contributed by atoms with E-state index < -0.39 is 10.1 Å². The van der Waals surface area contributed by atoms with Crippen molar-refractivity contribution in [2.24, 2.45) is 5.92 Å². The molecule has 0 rings (SSSR count). The van der Waals surface area contributed by atoms with Gasteiger partial charge in [0.1, 0.15) is 0 Å². The largest absolute Gasteiger partial charge is 0.396 e. The third-order valence-electron chi connectivity index (χ3n) is 1.99. The maximum absolute atomic E-state index is 10.4. The second-order valence-electron chi connectivity index (χ2n) is 3.69. The molecule has 0 spiro atoms. The summed E-state index contributed by atoms with van der Waals surface area (Å²) in [5.41, 5.74) is 0. The molecule has 0 fully saturated rings. The Morgan fingerprint density at radius 1 is 1.33 bits per heavy atom. The predicted molar refractivity (Wildman–Crippen MR) is 63.8 cm³/mol. The van der Waals surface area contributed by atoms with Crippen LogP contribution in [0.2, 0.25) is 0 Å². The van der Waals surface area contributed by atoms with Crippen LogP contribution in [0.3, 0.4) is 0 Å². The van der Waals surface area contributed by atoms with E-state index in [1.807, 2.05) is 0 Å². The normalized spacial score (nSPS) is 14.1. The number of rotatable bonds is 9. The second-order valence-corrected chi connectivity index (χ2v) is 6.41. The van der Waals surface area contributed by atoms with Crippen LogP contribution in [0.4, 0.5) is 0 Å². The summed E-state index contributed by atoms with van der Waals surface area (Å²) < 4.78 is 29.3. The molecule has 0 saturated carbocycles. The molecule has 0 bridgehead atoms. The number of thioether (sulfide) groups is 1. The van der Waals surface area contributed by atoms with Crippen LogP contribution >= 0.6 is 11.8 Å². The Hall–Kier alpha value is 0.220. The molecule has 0 aromatic carbocycles. The van der Waals surface area contributed by atoms with Crippen LogP contribution in [0.15, 0.2) is 0 Å². The van der Waals surface area contributed by atoms with Gasteiger partial charge < -0.3 is 5.11 Å². The van der Waals surface area contributed by atoms with Gasteiger partial charge >= 0.3 is 0 Å². The highest BCUT2D eigenvalue weighted by Gasteiger charge is 2.06. The lowest BCUT2D eigenvalue weighted by atomic mass is 10.1. The van der Waals surface area contributed by atoms with Crippen LogP contribution in [0, 0.1) is 5.92 Å². The zero-order valence-corrected chi connectivity index (χ0v) is 10.7. The van der Waals surface area contributed by atoms with Crippen LogP contribution in [0.5, 0.6) is 0 Å². The minimum atomic E-state index is -3.78. The van der Waals surface area contributed by atoms with Gasteiger partial charge in [-0.15, -0.1) is 0 Å². The Labute approximate surface area is 96.2 Å².